The number of hydrogen-bond donors (Lipinski definition) is 0. The van der Waals surface area contributed by atoms with Gasteiger partial charge in [0, 0.05) is 19.1 Å². The predicted octanol–water partition coefficient (Wildman–Crippen LogP) is 3.50. The molecule has 1 saturated carbocycles. The summed E-state index contributed by atoms with van der Waals surface area (Å²) in [5, 5.41) is 8.44. The van der Waals surface area contributed by atoms with E-state index >= 15 is 0 Å². The molecule has 1 aromatic heterocycles. The van der Waals surface area contributed by atoms with Gasteiger partial charge in [-0.15, -0.1) is 10.2 Å². The second kappa shape index (κ2) is 6.75. The first-order valence-corrected chi connectivity index (χ1v) is 8.97. The van der Waals surface area contributed by atoms with Gasteiger partial charge < -0.3 is 14.5 Å². The van der Waals surface area contributed by atoms with Crippen LogP contribution < -0.4 is 4.90 Å². The summed E-state index contributed by atoms with van der Waals surface area (Å²) in [5.41, 5.74) is -0.473. The number of ether oxygens (including phenoxy) is 1. The molecular weight excluding hydrogens is 328 g/mol. The monoisotopic (exact) mass is 352 g/mol. The van der Waals surface area contributed by atoms with Gasteiger partial charge in [-0.3, -0.25) is 0 Å². The first-order valence-electron chi connectivity index (χ1n) is 8.59. The second-order valence-corrected chi connectivity index (χ2v) is 7.96. The van der Waals surface area contributed by atoms with E-state index in [2.05, 4.69) is 15.1 Å². The number of carbonyl (C=O) groups excluding carboxylic acids is 1. The lowest BCUT2D eigenvalue weighted by Gasteiger charge is -2.41. The molecule has 0 aromatic carbocycles. The van der Waals surface area contributed by atoms with Gasteiger partial charge in [0.25, 0.3) is 0 Å². The Morgan fingerprint density at radius 3 is 2.54 bits per heavy atom. The normalized spacial score (nSPS) is 21.5. The number of halogens is 1. The quantitative estimate of drug-likeness (QED) is 0.833. The van der Waals surface area contributed by atoms with Crippen LogP contribution in [0.25, 0.3) is 0 Å². The number of anilines is 1. The molecule has 7 heteroatoms. The molecule has 0 unspecified atom stereocenters. The summed E-state index contributed by atoms with van der Waals surface area (Å²) < 4.78 is 5.65. The van der Waals surface area contributed by atoms with E-state index in [0.717, 1.165) is 38.2 Å². The summed E-state index contributed by atoms with van der Waals surface area (Å²) in [4.78, 5) is 16.8. The lowest BCUT2D eigenvalue weighted by molar-refractivity contribution is -0.00350. The summed E-state index contributed by atoms with van der Waals surface area (Å²) in [6.45, 7) is 7.34. The van der Waals surface area contributed by atoms with Gasteiger partial charge in [0.2, 0.25) is 0 Å². The Balaban J connectivity index is 1.70. The van der Waals surface area contributed by atoms with Gasteiger partial charge in [-0.25, -0.2) is 4.79 Å². The van der Waals surface area contributed by atoms with Gasteiger partial charge in [-0.05, 0) is 58.6 Å². The maximum absolute atomic E-state index is 12.7. The Hall–Kier alpha value is -1.56. The minimum absolute atomic E-state index is 0.155. The van der Waals surface area contributed by atoms with Crippen molar-refractivity contribution in [1.29, 1.82) is 0 Å². The minimum Gasteiger partial charge on any atom is -0.444 e. The number of rotatable bonds is 3. The van der Waals surface area contributed by atoms with Crippen LogP contribution in [0, 0.1) is 0 Å². The number of carbonyl (C=O) groups is 1. The SMILES string of the molecule is CC(C)(C)OC(=O)N(C1CCC1)[C@@H]1CCN(c2ccc(Cl)nn2)C1. The van der Waals surface area contributed by atoms with Crippen molar-refractivity contribution in [3.63, 3.8) is 0 Å². The van der Waals surface area contributed by atoms with E-state index < -0.39 is 5.60 Å². The highest BCUT2D eigenvalue weighted by Gasteiger charge is 2.40. The van der Waals surface area contributed by atoms with E-state index in [1.807, 2.05) is 31.7 Å². The van der Waals surface area contributed by atoms with E-state index in [4.69, 9.17) is 16.3 Å². The average molecular weight is 353 g/mol. The summed E-state index contributed by atoms with van der Waals surface area (Å²) in [7, 11) is 0. The molecule has 3 rings (SSSR count). The Labute approximate surface area is 148 Å². The van der Waals surface area contributed by atoms with Crippen molar-refractivity contribution >= 4 is 23.5 Å². The molecule has 0 bridgehead atoms. The van der Waals surface area contributed by atoms with Crippen LogP contribution in [0.3, 0.4) is 0 Å². The number of nitrogens with zero attached hydrogens (tertiary/aromatic N) is 4. The molecule has 132 valence electrons. The molecule has 2 fully saturated rings. The molecule has 24 heavy (non-hydrogen) atoms. The van der Waals surface area contributed by atoms with E-state index in [9.17, 15) is 4.79 Å². The Morgan fingerprint density at radius 2 is 2.00 bits per heavy atom. The van der Waals surface area contributed by atoms with Crippen molar-refractivity contribution in [2.24, 2.45) is 0 Å². The molecule has 0 spiro atoms. The zero-order valence-corrected chi connectivity index (χ0v) is 15.3. The van der Waals surface area contributed by atoms with E-state index in [1.54, 1.807) is 6.07 Å². The molecule has 1 aliphatic carbocycles. The molecule has 0 radical (unpaired) electrons. The van der Waals surface area contributed by atoms with Crippen LogP contribution in [0.5, 0.6) is 0 Å². The number of hydrogen-bond acceptors (Lipinski definition) is 5. The lowest BCUT2D eigenvalue weighted by atomic mass is 9.90. The molecule has 6 nitrogen and oxygen atoms in total. The summed E-state index contributed by atoms with van der Waals surface area (Å²) in [5.74, 6) is 0.805. The maximum Gasteiger partial charge on any atom is 0.410 e. The molecule has 2 aliphatic rings. The van der Waals surface area contributed by atoms with Gasteiger partial charge in [-0.1, -0.05) is 11.6 Å². The summed E-state index contributed by atoms with van der Waals surface area (Å²) in [6.07, 6.45) is 4.04. The fraction of sp³-hybridized carbons (Fsp3) is 0.706. The third kappa shape index (κ3) is 3.91. The molecule has 1 aromatic rings. The first-order chi connectivity index (χ1) is 11.3. The Morgan fingerprint density at radius 1 is 1.25 bits per heavy atom. The first kappa shape index (κ1) is 17.3. The van der Waals surface area contributed by atoms with Crippen molar-refractivity contribution in [2.75, 3.05) is 18.0 Å². The highest BCUT2D eigenvalue weighted by molar-refractivity contribution is 6.29. The van der Waals surface area contributed by atoms with Crippen LogP contribution in [0.1, 0.15) is 46.5 Å². The molecule has 1 atom stereocenters. The third-order valence-electron chi connectivity index (χ3n) is 4.57. The fourth-order valence-electron chi connectivity index (χ4n) is 3.23. The highest BCUT2D eigenvalue weighted by Crippen LogP contribution is 2.32. The summed E-state index contributed by atoms with van der Waals surface area (Å²) in [6, 6.07) is 4.08. The third-order valence-corrected chi connectivity index (χ3v) is 4.77. The summed E-state index contributed by atoms with van der Waals surface area (Å²) >= 11 is 5.81. The topological polar surface area (TPSA) is 58.6 Å². The van der Waals surface area contributed by atoms with Crippen molar-refractivity contribution in [2.45, 2.75) is 64.1 Å². The molecule has 1 aliphatic heterocycles. The van der Waals surface area contributed by atoms with E-state index in [0.29, 0.717) is 11.2 Å². The van der Waals surface area contributed by atoms with E-state index in [-0.39, 0.29) is 12.1 Å². The van der Waals surface area contributed by atoms with Gasteiger partial charge in [0.05, 0.1) is 6.04 Å². The van der Waals surface area contributed by atoms with Crippen LogP contribution in [-0.4, -0.2) is 52.0 Å². The molecule has 0 N–H and O–H groups in total. The standard InChI is InChI=1S/C17H25ClN4O2/c1-17(2,3)24-16(23)22(12-5-4-6-12)13-9-10-21(11-13)15-8-7-14(18)19-20-15/h7-8,12-13H,4-6,9-11H2,1-3H3/t13-/m1/s1. The smallest absolute Gasteiger partial charge is 0.410 e. The molecular formula is C17H25ClN4O2. The Kier molecular flexibility index (Phi) is 4.85. The largest absolute Gasteiger partial charge is 0.444 e. The second-order valence-electron chi connectivity index (χ2n) is 7.58. The molecule has 1 amide bonds. The zero-order chi connectivity index (χ0) is 17.3. The predicted molar refractivity (Wildman–Crippen MR) is 93.4 cm³/mol. The van der Waals surface area contributed by atoms with E-state index in [1.165, 1.54) is 6.42 Å². The van der Waals surface area contributed by atoms with Crippen LogP contribution >= 0.6 is 11.6 Å². The van der Waals surface area contributed by atoms with Crippen molar-refractivity contribution in [1.82, 2.24) is 15.1 Å². The zero-order valence-electron chi connectivity index (χ0n) is 14.5. The van der Waals surface area contributed by atoms with Crippen molar-refractivity contribution < 1.29 is 9.53 Å². The van der Waals surface area contributed by atoms with Crippen LogP contribution in [0.4, 0.5) is 10.6 Å². The number of amides is 1. The number of aromatic nitrogens is 2. The Bertz CT molecular complexity index is 583. The molecule has 1 saturated heterocycles. The maximum atomic E-state index is 12.7. The van der Waals surface area contributed by atoms with Gasteiger partial charge >= 0.3 is 6.09 Å². The van der Waals surface area contributed by atoms with Crippen LogP contribution in [0.15, 0.2) is 12.1 Å². The van der Waals surface area contributed by atoms with Crippen molar-refractivity contribution in [3.05, 3.63) is 17.3 Å². The van der Waals surface area contributed by atoms with Gasteiger partial charge in [-0.2, -0.15) is 0 Å². The van der Waals surface area contributed by atoms with Gasteiger partial charge in [0.1, 0.15) is 5.60 Å². The minimum atomic E-state index is -0.473. The lowest BCUT2D eigenvalue weighted by Crippen LogP contribution is -2.52. The average Bonchev–Trinajstić information content (AvgIpc) is 2.90. The van der Waals surface area contributed by atoms with Gasteiger partial charge in [0.15, 0.2) is 11.0 Å². The van der Waals surface area contributed by atoms with Crippen LogP contribution in [-0.2, 0) is 4.74 Å². The fourth-order valence-corrected chi connectivity index (χ4v) is 3.33. The highest BCUT2D eigenvalue weighted by atomic mass is 35.5. The van der Waals surface area contributed by atoms with Crippen molar-refractivity contribution in [3.8, 4) is 0 Å². The van der Waals surface area contributed by atoms with Crippen LogP contribution in [0.2, 0.25) is 5.15 Å². The molecule has 2 heterocycles.